The van der Waals surface area contributed by atoms with Crippen LogP contribution in [0.4, 0.5) is 11.6 Å². The highest BCUT2D eigenvalue weighted by Gasteiger charge is 2.18. The third-order valence-electron chi connectivity index (χ3n) is 3.73. The molecule has 0 bridgehead atoms. The van der Waals surface area contributed by atoms with Gasteiger partial charge in [0, 0.05) is 18.1 Å². The van der Waals surface area contributed by atoms with Crippen LogP contribution in [0.15, 0.2) is 71.9 Å². The first-order chi connectivity index (χ1) is 13.8. The summed E-state index contributed by atoms with van der Waals surface area (Å²) in [6.07, 6.45) is 2.04. The second-order valence-electron chi connectivity index (χ2n) is 5.88. The predicted octanol–water partition coefficient (Wildman–Crippen LogP) is 3.34. The van der Waals surface area contributed by atoms with Crippen LogP contribution >= 0.6 is 11.6 Å². The lowest BCUT2D eigenvalue weighted by Gasteiger charge is -2.15. The Morgan fingerprint density at radius 2 is 1.69 bits per heavy atom. The summed E-state index contributed by atoms with van der Waals surface area (Å²) in [7, 11) is -3.85. The molecule has 3 rings (SSSR count). The van der Waals surface area contributed by atoms with Crippen molar-refractivity contribution in [3.05, 3.63) is 72.0 Å². The SMILES string of the molecule is C[C@H](Oc1ccccc1Cl)C(=O)Nc1ccc(S(=O)(=O)Nc2ncccn2)cc1. The second kappa shape index (κ2) is 8.89. The summed E-state index contributed by atoms with van der Waals surface area (Å²) in [5.74, 6) is -0.0424. The zero-order valence-corrected chi connectivity index (χ0v) is 16.8. The maximum Gasteiger partial charge on any atom is 0.265 e. The number of carbonyl (C=O) groups excluding carboxylic acids is 1. The highest BCUT2D eigenvalue weighted by Crippen LogP contribution is 2.24. The van der Waals surface area contributed by atoms with Gasteiger partial charge in [-0.3, -0.25) is 4.79 Å². The molecule has 8 nitrogen and oxygen atoms in total. The largest absolute Gasteiger partial charge is 0.479 e. The Morgan fingerprint density at radius 1 is 1.03 bits per heavy atom. The van der Waals surface area contributed by atoms with Gasteiger partial charge in [-0.2, -0.15) is 0 Å². The molecule has 0 saturated carbocycles. The van der Waals surface area contributed by atoms with Crippen LogP contribution in [0.2, 0.25) is 5.02 Å². The van der Waals surface area contributed by atoms with Crippen LogP contribution in [0.5, 0.6) is 5.75 Å². The number of hydrogen-bond acceptors (Lipinski definition) is 6. The van der Waals surface area contributed by atoms with Crippen molar-refractivity contribution in [2.45, 2.75) is 17.9 Å². The lowest BCUT2D eigenvalue weighted by molar-refractivity contribution is -0.122. The van der Waals surface area contributed by atoms with E-state index in [1.807, 2.05) is 0 Å². The fraction of sp³-hybridized carbons (Fsp3) is 0.105. The second-order valence-corrected chi connectivity index (χ2v) is 7.97. The molecule has 0 fully saturated rings. The van der Waals surface area contributed by atoms with E-state index in [0.29, 0.717) is 16.5 Å². The Morgan fingerprint density at radius 3 is 2.34 bits per heavy atom. The summed E-state index contributed by atoms with van der Waals surface area (Å²) in [4.78, 5) is 20.0. The topological polar surface area (TPSA) is 110 Å². The molecule has 1 atom stereocenters. The summed E-state index contributed by atoms with van der Waals surface area (Å²) < 4.78 is 32.6. The van der Waals surface area contributed by atoms with E-state index in [4.69, 9.17) is 16.3 Å². The number of nitrogens with zero attached hydrogens (tertiary/aromatic N) is 2. The summed E-state index contributed by atoms with van der Waals surface area (Å²) in [6.45, 7) is 1.58. The van der Waals surface area contributed by atoms with Gasteiger partial charge >= 0.3 is 0 Å². The van der Waals surface area contributed by atoms with Crippen molar-refractivity contribution in [3.8, 4) is 5.75 Å². The molecule has 2 N–H and O–H groups in total. The Balaban J connectivity index is 1.64. The molecular weight excluding hydrogens is 416 g/mol. The van der Waals surface area contributed by atoms with E-state index in [2.05, 4.69) is 20.0 Å². The molecule has 1 amide bonds. The van der Waals surface area contributed by atoms with Crippen LogP contribution in [0.25, 0.3) is 0 Å². The highest BCUT2D eigenvalue weighted by atomic mass is 35.5. The lowest BCUT2D eigenvalue weighted by atomic mass is 10.3. The van der Waals surface area contributed by atoms with Crippen molar-refractivity contribution < 1.29 is 17.9 Å². The van der Waals surface area contributed by atoms with Crippen LogP contribution in [-0.4, -0.2) is 30.4 Å². The van der Waals surface area contributed by atoms with Gasteiger partial charge in [0.05, 0.1) is 9.92 Å². The van der Waals surface area contributed by atoms with Gasteiger partial charge < -0.3 is 10.1 Å². The molecule has 0 aliphatic carbocycles. The van der Waals surface area contributed by atoms with Gasteiger partial charge in [-0.25, -0.2) is 23.1 Å². The van der Waals surface area contributed by atoms with Crippen LogP contribution in [0.1, 0.15) is 6.92 Å². The molecule has 1 heterocycles. The van der Waals surface area contributed by atoms with Crippen molar-refractivity contribution in [2.75, 3.05) is 10.0 Å². The zero-order valence-electron chi connectivity index (χ0n) is 15.2. The van der Waals surface area contributed by atoms with Crippen molar-refractivity contribution in [1.82, 2.24) is 9.97 Å². The van der Waals surface area contributed by atoms with E-state index in [-0.39, 0.29) is 10.8 Å². The number of anilines is 2. The average Bonchev–Trinajstić information content (AvgIpc) is 2.70. The Labute approximate surface area is 173 Å². The van der Waals surface area contributed by atoms with E-state index in [1.54, 1.807) is 37.3 Å². The molecule has 29 heavy (non-hydrogen) atoms. The van der Waals surface area contributed by atoms with Gasteiger partial charge in [0.15, 0.2) is 6.10 Å². The first-order valence-corrected chi connectivity index (χ1v) is 10.3. The molecule has 1 aromatic heterocycles. The van der Waals surface area contributed by atoms with Gasteiger partial charge in [-0.15, -0.1) is 0 Å². The minimum atomic E-state index is -3.85. The molecule has 150 valence electrons. The fourth-order valence-corrected chi connectivity index (χ4v) is 3.41. The first kappa shape index (κ1) is 20.6. The lowest BCUT2D eigenvalue weighted by Crippen LogP contribution is -2.30. The third-order valence-corrected chi connectivity index (χ3v) is 5.39. The van der Waals surface area contributed by atoms with Crippen molar-refractivity contribution in [3.63, 3.8) is 0 Å². The van der Waals surface area contributed by atoms with Crippen LogP contribution in [-0.2, 0) is 14.8 Å². The molecule has 0 unspecified atom stereocenters. The van der Waals surface area contributed by atoms with E-state index >= 15 is 0 Å². The molecule has 0 radical (unpaired) electrons. The highest BCUT2D eigenvalue weighted by molar-refractivity contribution is 7.92. The minimum absolute atomic E-state index is 0.00307. The fourth-order valence-electron chi connectivity index (χ4n) is 2.28. The summed E-state index contributed by atoms with van der Waals surface area (Å²) in [5, 5.41) is 3.06. The number of amides is 1. The van der Waals surface area contributed by atoms with E-state index in [9.17, 15) is 13.2 Å². The number of carbonyl (C=O) groups is 1. The Hall–Kier alpha value is -3.17. The number of rotatable bonds is 7. The van der Waals surface area contributed by atoms with Crippen LogP contribution in [0.3, 0.4) is 0 Å². The standard InChI is InChI=1S/C19H17ClN4O4S/c1-13(28-17-6-3-2-5-16(17)20)18(25)23-14-7-9-15(10-8-14)29(26,27)24-19-21-11-4-12-22-19/h2-13H,1H3,(H,23,25)(H,21,22,24)/t13-/m0/s1. The Kier molecular flexibility index (Phi) is 6.30. The number of sulfonamides is 1. The predicted molar refractivity (Wildman–Crippen MR) is 109 cm³/mol. The molecular formula is C19H17ClN4O4S. The molecule has 0 aliphatic rings. The maximum atomic E-state index is 12.4. The van der Waals surface area contributed by atoms with E-state index in [0.717, 1.165) is 0 Å². The number of ether oxygens (including phenoxy) is 1. The minimum Gasteiger partial charge on any atom is -0.479 e. The van der Waals surface area contributed by atoms with Crippen molar-refractivity contribution in [1.29, 1.82) is 0 Å². The Bertz CT molecular complexity index is 1090. The molecule has 3 aromatic rings. The normalized spacial score (nSPS) is 12.1. The van der Waals surface area contributed by atoms with Crippen LogP contribution < -0.4 is 14.8 Å². The molecule has 0 spiro atoms. The summed E-state index contributed by atoms with van der Waals surface area (Å²) in [5.41, 5.74) is 0.416. The number of benzene rings is 2. The van der Waals surface area contributed by atoms with Gasteiger partial charge in [-0.1, -0.05) is 23.7 Å². The first-order valence-electron chi connectivity index (χ1n) is 8.47. The molecule has 0 saturated heterocycles. The summed E-state index contributed by atoms with van der Waals surface area (Å²) in [6, 6.07) is 14.1. The monoisotopic (exact) mass is 432 g/mol. The quantitative estimate of drug-likeness (QED) is 0.592. The van der Waals surface area contributed by atoms with E-state index in [1.165, 1.54) is 36.7 Å². The third kappa shape index (κ3) is 5.43. The molecule has 10 heteroatoms. The molecule has 0 aliphatic heterocycles. The smallest absolute Gasteiger partial charge is 0.265 e. The number of para-hydroxylation sites is 1. The summed E-state index contributed by atoms with van der Waals surface area (Å²) >= 11 is 6.02. The zero-order chi connectivity index (χ0) is 20.9. The number of hydrogen-bond donors (Lipinski definition) is 2. The number of halogens is 1. The number of nitrogens with one attached hydrogen (secondary N) is 2. The van der Waals surface area contributed by atoms with Gasteiger partial charge in [0.25, 0.3) is 15.9 Å². The van der Waals surface area contributed by atoms with Gasteiger partial charge in [-0.05, 0) is 49.4 Å². The maximum absolute atomic E-state index is 12.4. The van der Waals surface area contributed by atoms with Crippen molar-refractivity contribution >= 4 is 39.2 Å². The van der Waals surface area contributed by atoms with Gasteiger partial charge in [0.1, 0.15) is 5.75 Å². The van der Waals surface area contributed by atoms with Gasteiger partial charge in [0.2, 0.25) is 5.95 Å². The number of aromatic nitrogens is 2. The average molecular weight is 433 g/mol. The van der Waals surface area contributed by atoms with E-state index < -0.39 is 22.0 Å². The van der Waals surface area contributed by atoms with Crippen molar-refractivity contribution in [2.24, 2.45) is 0 Å². The molecule has 2 aromatic carbocycles. The van der Waals surface area contributed by atoms with Crippen LogP contribution in [0, 0.1) is 0 Å².